The number of rotatable bonds is 5. The molecule has 0 atom stereocenters. The molecule has 5 heteroatoms. The van der Waals surface area contributed by atoms with Gasteiger partial charge < -0.3 is 10.2 Å². The molecule has 0 radical (unpaired) electrons. The molecule has 1 aliphatic rings. The minimum atomic E-state index is -0.0704. The SMILES string of the molecule is CC(C)c1cc(C(=O)NCc2cccnc2N2CCCCC2)c2ccccc2n1. The highest BCUT2D eigenvalue weighted by Gasteiger charge is 2.18. The van der Waals surface area contributed by atoms with Crippen LogP contribution in [-0.2, 0) is 6.54 Å². The molecule has 1 aliphatic heterocycles. The molecule has 4 rings (SSSR count). The molecule has 2 aromatic heterocycles. The van der Waals surface area contributed by atoms with E-state index in [2.05, 4.69) is 35.1 Å². The van der Waals surface area contributed by atoms with Gasteiger partial charge in [0.2, 0.25) is 0 Å². The summed E-state index contributed by atoms with van der Waals surface area (Å²) in [6, 6.07) is 13.8. The van der Waals surface area contributed by atoms with Crippen molar-refractivity contribution >= 4 is 22.6 Å². The van der Waals surface area contributed by atoms with Crippen LogP contribution in [0.25, 0.3) is 10.9 Å². The number of pyridine rings is 2. The molecule has 0 unspecified atom stereocenters. The van der Waals surface area contributed by atoms with Gasteiger partial charge in [-0.2, -0.15) is 0 Å². The Balaban J connectivity index is 1.58. The van der Waals surface area contributed by atoms with E-state index in [1.807, 2.05) is 42.6 Å². The lowest BCUT2D eigenvalue weighted by atomic mass is 10.0. The average molecular weight is 389 g/mol. The van der Waals surface area contributed by atoms with E-state index in [1.165, 1.54) is 19.3 Å². The first kappa shape index (κ1) is 19.4. The van der Waals surface area contributed by atoms with Gasteiger partial charge in [-0.25, -0.2) is 4.98 Å². The zero-order valence-corrected chi connectivity index (χ0v) is 17.2. The van der Waals surface area contributed by atoms with E-state index < -0.39 is 0 Å². The van der Waals surface area contributed by atoms with Gasteiger partial charge >= 0.3 is 0 Å². The highest BCUT2D eigenvalue weighted by Crippen LogP contribution is 2.24. The maximum atomic E-state index is 13.1. The lowest BCUT2D eigenvalue weighted by Crippen LogP contribution is -2.32. The number of piperidine rings is 1. The van der Waals surface area contributed by atoms with Gasteiger partial charge in [-0.1, -0.05) is 38.1 Å². The smallest absolute Gasteiger partial charge is 0.252 e. The second kappa shape index (κ2) is 8.60. The maximum absolute atomic E-state index is 13.1. The first-order valence-electron chi connectivity index (χ1n) is 10.5. The van der Waals surface area contributed by atoms with Crippen LogP contribution in [-0.4, -0.2) is 29.0 Å². The minimum Gasteiger partial charge on any atom is -0.356 e. The first-order valence-corrected chi connectivity index (χ1v) is 10.5. The number of hydrogen-bond donors (Lipinski definition) is 1. The monoisotopic (exact) mass is 388 g/mol. The molecule has 3 aromatic rings. The molecule has 0 aliphatic carbocycles. The van der Waals surface area contributed by atoms with Crippen LogP contribution in [0.5, 0.6) is 0 Å². The molecular weight excluding hydrogens is 360 g/mol. The lowest BCUT2D eigenvalue weighted by Gasteiger charge is -2.29. The fourth-order valence-corrected chi connectivity index (χ4v) is 3.91. The Morgan fingerprint density at radius 3 is 2.69 bits per heavy atom. The summed E-state index contributed by atoms with van der Waals surface area (Å²) in [5.41, 5.74) is 3.54. The van der Waals surface area contributed by atoms with Crippen LogP contribution in [0.3, 0.4) is 0 Å². The molecule has 0 saturated carbocycles. The molecule has 0 bridgehead atoms. The van der Waals surface area contributed by atoms with Gasteiger partial charge in [0, 0.05) is 42.5 Å². The number of anilines is 1. The van der Waals surface area contributed by atoms with Crippen LogP contribution in [0.4, 0.5) is 5.82 Å². The summed E-state index contributed by atoms with van der Waals surface area (Å²) in [5, 5.41) is 4.01. The number of para-hydroxylation sites is 1. The van der Waals surface area contributed by atoms with Crippen molar-refractivity contribution in [1.29, 1.82) is 0 Å². The van der Waals surface area contributed by atoms with Crippen molar-refractivity contribution in [2.45, 2.75) is 45.6 Å². The van der Waals surface area contributed by atoms with E-state index in [0.29, 0.717) is 12.1 Å². The highest BCUT2D eigenvalue weighted by atomic mass is 16.1. The van der Waals surface area contributed by atoms with Crippen LogP contribution in [0.15, 0.2) is 48.7 Å². The Labute approximate surface area is 172 Å². The van der Waals surface area contributed by atoms with Crippen LogP contribution < -0.4 is 10.2 Å². The fourth-order valence-electron chi connectivity index (χ4n) is 3.91. The lowest BCUT2D eigenvalue weighted by molar-refractivity contribution is 0.0952. The Bertz CT molecular complexity index is 1010. The predicted octanol–water partition coefficient (Wildman–Crippen LogP) is 4.67. The number of carbonyl (C=O) groups excluding carboxylic acids is 1. The van der Waals surface area contributed by atoms with Crippen molar-refractivity contribution in [1.82, 2.24) is 15.3 Å². The molecule has 3 heterocycles. The molecule has 1 aromatic carbocycles. The maximum Gasteiger partial charge on any atom is 0.252 e. The molecule has 1 N–H and O–H groups in total. The summed E-state index contributed by atoms with van der Waals surface area (Å²) in [6.45, 7) is 6.72. The van der Waals surface area contributed by atoms with Crippen LogP contribution in [0.1, 0.15) is 60.6 Å². The highest BCUT2D eigenvalue weighted by molar-refractivity contribution is 6.06. The van der Waals surface area contributed by atoms with Crippen molar-refractivity contribution in [3.63, 3.8) is 0 Å². The van der Waals surface area contributed by atoms with Crippen molar-refractivity contribution in [3.05, 3.63) is 65.5 Å². The summed E-state index contributed by atoms with van der Waals surface area (Å²) in [7, 11) is 0. The van der Waals surface area contributed by atoms with Crippen molar-refractivity contribution in [3.8, 4) is 0 Å². The normalized spacial score (nSPS) is 14.4. The van der Waals surface area contributed by atoms with Gasteiger partial charge in [0.1, 0.15) is 5.82 Å². The van der Waals surface area contributed by atoms with Gasteiger partial charge in [0.15, 0.2) is 0 Å². The minimum absolute atomic E-state index is 0.0704. The Morgan fingerprint density at radius 1 is 1.10 bits per heavy atom. The van der Waals surface area contributed by atoms with Gasteiger partial charge in [-0.05, 0) is 43.4 Å². The van der Waals surface area contributed by atoms with Gasteiger partial charge in [0.05, 0.1) is 11.1 Å². The standard InChI is InChI=1S/C24H28N4O/c1-17(2)22-15-20(19-10-4-5-11-21(19)27-22)24(29)26-16-18-9-8-12-25-23(18)28-13-6-3-7-14-28/h4-5,8-12,15,17H,3,6-7,13-14,16H2,1-2H3,(H,26,29). The number of nitrogens with one attached hydrogen (secondary N) is 1. The summed E-state index contributed by atoms with van der Waals surface area (Å²) in [4.78, 5) is 24.8. The fraction of sp³-hybridized carbons (Fsp3) is 0.375. The van der Waals surface area contributed by atoms with Gasteiger partial charge in [-0.3, -0.25) is 9.78 Å². The quantitative estimate of drug-likeness (QED) is 0.690. The third-order valence-corrected chi connectivity index (χ3v) is 5.53. The number of amides is 1. The molecule has 1 amide bonds. The number of hydrogen-bond acceptors (Lipinski definition) is 4. The first-order chi connectivity index (χ1) is 14.1. The zero-order chi connectivity index (χ0) is 20.2. The molecule has 150 valence electrons. The van der Waals surface area contributed by atoms with E-state index in [1.54, 1.807) is 0 Å². The summed E-state index contributed by atoms with van der Waals surface area (Å²) < 4.78 is 0. The average Bonchev–Trinajstić information content (AvgIpc) is 2.77. The Morgan fingerprint density at radius 2 is 1.90 bits per heavy atom. The largest absolute Gasteiger partial charge is 0.356 e. The van der Waals surface area contributed by atoms with Gasteiger partial charge in [-0.15, -0.1) is 0 Å². The van der Waals surface area contributed by atoms with Crippen LogP contribution >= 0.6 is 0 Å². The molecule has 29 heavy (non-hydrogen) atoms. The van der Waals surface area contributed by atoms with E-state index >= 15 is 0 Å². The second-order valence-corrected chi connectivity index (χ2v) is 7.98. The second-order valence-electron chi connectivity index (χ2n) is 7.98. The number of carbonyl (C=O) groups is 1. The molecule has 1 saturated heterocycles. The van der Waals surface area contributed by atoms with Gasteiger partial charge in [0.25, 0.3) is 5.91 Å². The number of fused-ring (bicyclic) bond motifs is 1. The van der Waals surface area contributed by atoms with Crippen molar-refractivity contribution in [2.24, 2.45) is 0 Å². The molecule has 5 nitrogen and oxygen atoms in total. The van der Waals surface area contributed by atoms with E-state index in [-0.39, 0.29) is 11.8 Å². The number of nitrogens with zero attached hydrogens (tertiary/aromatic N) is 3. The Kier molecular flexibility index (Phi) is 5.74. The van der Waals surface area contributed by atoms with E-state index in [9.17, 15) is 4.79 Å². The van der Waals surface area contributed by atoms with Crippen LogP contribution in [0.2, 0.25) is 0 Å². The molecular formula is C24H28N4O. The van der Waals surface area contributed by atoms with E-state index in [4.69, 9.17) is 4.98 Å². The topological polar surface area (TPSA) is 58.1 Å². The van der Waals surface area contributed by atoms with Crippen molar-refractivity contribution in [2.75, 3.05) is 18.0 Å². The molecule has 0 spiro atoms. The zero-order valence-electron chi connectivity index (χ0n) is 17.2. The van der Waals surface area contributed by atoms with E-state index in [0.717, 1.165) is 41.1 Å². The summed E-state index contributed by atoms with van der Waals surface area (Å²) in [6.07, 6.45) is 5.51. The number of aromatic nitrogens is 2. The third kappa shape index (κ3) is 4.24. The van der Waals surface area contributed by atoms with Crippen LogP contribution in [0, 0.1) is 0 Å². The number of benzene rings is 1. The molecule has 1 fully saturated rings. The van der Waals surface area contributed by atoms with Crippen molar-refractivity contribution < 1.29 is 4.79 Å². The summed E-state index contributed by atoms with van der Waals surface area (Å²) >= 11 is 0. The predicted molar refractivity (Wildman–Crippen MR) is 117 cm³/mol. The third-order valence-electron chi connectivity index (χ3n) is 5.53. The Hall–Kier alpha value is -2.95. The summed E-state index contributed by atoms with van der Waals surface area (Å²) in [5.74, 6) is 1.18.